The van der Waals surface area contributed by atoms with E-state index in [1.807, 2.05) is 0 Å². The molecule has 0 atom stereocenters. The number of carbonyl (C=O) groups is 1. The van der Waals surface area contributed by atoms with E-state index in [0.29, 0.717) is 0 Å². The zero-order valence-corrected chi connectivity index (χ0v) is 12.1. The summed E-state index contributed by atoms with van der Waals surface area (Å²) in [6.07, 6.45) is 3.44. The second kappa shape index (κ2) is 7.10. The molecule has 0 bridgehead atoms. The van der Waals surface area contributed by atoms with Crippen molar-refractivity contribution in [3.63, 3.8) is 0 Å². The fraction of sp³-hybridized carbons (Fsp3) is 0.929. The molecule has 0 amide bonds. The number of carboxylic acid groups (broad SMARTS) is 1. The van der Waals surface area contributed by atoms with Crippen LogP contribution in [0.4, 0.5) is 0 Å². The Morgan fingerprint density at radius 2 is 1.78 bits per heavy atom. The van der Waals surface area contributed by atoms with Crippen LogP contribution < -0.4 is 0 Å². The van der Waals surface area contributed by atoms with Gasteiger partial charge in [-0.25, -0.2) is 0 Å². The van der Waals surface area contributed by atoms with Gasteiger partial charge in [0, 0.05) is 5.54 Å². The molecule has 0 saturated carbocycles. The Morgan fingerprint density at radius 3 is 2.17 bits per heavy atom. The third-order valence-electron chi connectivity index (χ3n) is 4.24. The molecular formula is C14H28N2O2. The maximum absolute atomic E-state index is 11.2. The van der Waals surface area contributed by atoms with Gasteiger partial charge < -0.3 is 10.0 Å². The van der Waals surface area contributed by atoms with E-state index >= 15 is 0 Å². The number of nitrogens with zero attached hydrogens (tertiary/aromatic N) is 2. The van der Waals surface area contributed by atoms with Crippen LogP contribution >= 0.6 is 0 Å². The number of piperidine rings is 1. The van der Waals surface area contributed by atoms with Gasteiger partial charge in [-0.15, -0.1) is 0 Å². The lowest BCUT2D eigenvalue weighted by atomic mass is 9.82. The van der Waals surface area contributed by atoms with Crippen LogP contribution in [-0.4, -0.2) is 59.1 Å². The average Bonchev–Trinajstić information content (AvgIpc) is 2.33. The van der Waals surface area contributed by atoms with Gasteiger partial charge in [0.25, 0.3) is 0 Å². The number of hydrogen-bond donors (Lipinski definition) is 1. The quantitative estimate of drug-likeness (QED) is 0.757. The summed E-state index contributed by atoms with van der Waals surface area (Å²) in [5, 5.41) is 9.20. The zero-order valence-electron chi connectivity index (χ0n) is 12.1. The predicted octanol–water partition coefficient (Wildman–Crippen LogP) is 2.05. The molecule has 0 radical (unpaired) electrons. The van der Waals surface area contributed by atoms with Crippen molar-refractivity contribution in [2.45, 2.75) is 52.0 Å². The van der Waals surface area contributed by atoms with Gasteiger partial charge in [0.15, 0.2) is 0 Å². The molecule has 1 aliphatic rings. The first-order chi connectivity index (χ1) is 8.57. The van der Waals surface area contributed by atoms with Crippen molar-refractivity contribution in [2.24, 2.45) is 0 Å². The fourth-order valence-electron chi connectivity index (χ4n) is 3.29. The molecule has 1 rings (SSSR count). The van der Waals surface area contributed by atoms with Crippen molar-refractivity contribution >= 4 is 5.97 Å². The van der Waals surface area contributed by atoms with Crippen LogP contribution in [0.25, 0.3) is 0 Å². The van der Waals surface area contributed by atoms with E-state index in [9.17, 15) is 9.90 Å². The molecule has 1 fully saturated rings. The van der Waals surface area contributed by atoms with Crippen LogP contribution in [0.2, 0.25) is 0 Å². The molecule has 4 heteroatoms. The second-order valence-corrected chi connectivity index (χ2v) is 5.31. The molecule has 1 heterocycles. The van der Waals surface area contributed by atoms with Crippen LogP contribution in [-0.2, 0) is 4.79 Å². The Labute approximate surface area is 111 Å². The second-order valence-electron chi connectivity index (χ2n) is 5.31. The minimum absolute atomic E-state index is 0.112. The predicted molar refractivity (Wildman–Crippen MR) is 73.9 cm³/mol. The molecule has 0 unspecified atom stereocenters. The molecular weight excluding hydrogens is 228 g/mol. The smallest absolute Gasteiger partial charge is 0.305 e. The van der Waals surface area contributed by atoms with Crippen molar-refractivity contribution in [1.29, 1.82) is 0 Å². The van der Waals surface area contributed by atoms with Gasteiger partial charge in [-0.3, -0.25) is 9.69 Å². The van der Waals surface area contributed by atoms with E-state index in [0.717, 1.165) is 45.6 Å². The average molecular weight is 256 g/mol. The number of hydrogen-bond acceptors (Lipinski definition) is 3. The lowest BCUT2D eigenvalue weighted by Crippen LogP contribution is -2.56. The monoisotopic (exact) mass is 256 g/mol. The lowest BCUT2D eigenvalue weighted by molar-refractivity contribution is -0.141. The number of aliphatic carboxylic acids is 1. The van der Waals surface area contributed by atoms with E-state index in [4.69, 9.17) is 0 Å². The number of likely N-dealkylation sites (tertiary alicyclic amines) is 1. The van der Waals surface area contributed by atoms with Crippen LogP contribution in [0, 0.1) is 0 Å². The Bertz CT molecular complexity index is 257. The van der Waals surface area contributed by atoms with E-state index in [-0.39, 0.29) is 12.0 Å². The summed E-state index contributed by atoms with van der Waals surface area (Å²) < 4.78 is 0. The molecule has 1 aliphatic heterocycles. The highest BCUT2D eigenvalue weighted by Gasteiger charge is 2.40. The Hall–Kier alpha value is -0.610. The summed E-state index contributed by atoms with van der Waals surface area (Å²) in [7, 11) is 0. The normalized spacial score (nSPS) is 20.2. The van der Waals surface area contributed by atoms with E-state index < -0.39 is 5.97 Å². The number of rotatable bonds is 7. The largest absolute Gasteiger partial charge is 0.481 e. The SMILES string of the molecule is CCCN1CCC(CC(=O)O)(N(CC)CC)CC1. The molecule has 0 aromatic carbocycles. The minimum Gasteiger partial charge on any atom is -0.481 e. The first-order valence-electron chi connectivity index (χ1n) is 7.27. The van der Waals surface area contributed by atoms with Crippen LogP contribution in [0.1, 0.15) is 46.5 Å². The summed E-state index contributed by atoms with van der Waals surface area (Å²) in [6, 6.07) is 0. The fourth-order valence-corrected chi connectivity index (χ4v) is 3.29. The first-order valence-corrected chi connectivity index (χ1v) is 7.27. The lowest BCUT2D eigenvalue weighted by Gasteiger charge is -2.48. The molecule has 18 heavy (non-hydrogen) atoms. The van der Waals surface area contributed by atoms with Crippen molar-refractivity contribution < 1.29 is 9.90 Å². The van der Waals surface area contributed by atoms with Gasteiger partial charge >= 0.3 is 5.97 Å². The highest BCUT2D eigenvalue weighted by molar-refractivity contribution is 5.68. The molecule has 106 valence electrons. The first kappa shape index (κ1) is 15.4. The summed E-state index contributed by atoms with van der Waals surface area (Å²) in [4.78, 5) is 16.0. The minimum atomic E-state index is -0.661. The molecule has 4 nitrogen and oxygen atoms in total. The van der Waals surface area contributed by atoms with Crippen LogP contribution in [0.5, 0.6) is 0 Å². The van der Waals surface area contributed by atoms with Crippen molar-refractivity contribution in [3.8, 4) is 0 Å². The van der Waals surface area contributed by atoms with Gasteiger partial charge in [0.1, 0.15) is 0 Å². The molecule has 0 aromatic heterocycles. The van der Waals surface area contributed by atoms with Crippen molar-refractivity contribution in [2.75, 3.05) is 32.7 Å². The van der Waals surface area contributed by atoms with Gasteiger partial charge in [-0.05, 0) is 52.0 Å². The third-order valence-corrected chi connectivity index (χ3v) is 4.24. The van der Waals surface area contributed by atoms with Gasteiger partial charge in [-0.2, -0.15) is 0 Å². The maximum atomic E-state index is 11.2. The molecule has 1 N–H and O–H groups in total. The summed E-state index contributed by atoms with van der Waals surface area (Å²) in [5.41, 5.74) is -0.112. The molecule has 1 saturated heterocycles. The van der Waals surface area contributed by atoms with E-state index in [2.05, 4.69) is 30.6 Å². The van der Waals surface area contributed by atoms with Gasteiger partial charge in [0.2, 0.25) is 0 Å². The van der Waals surface area contributed by atoms with Crippen molar-refractivity contribution in [1.82, 2.24) is 9.80 Å². The van der Waals surface area contributed by atoms with E-state index in [1.54, 1.807) is 0 Å². The Kier molecular flexibility index (Phi) is 6.09. The third kappa shape index (κ3) is 3.69. The van der Waals surface area contributed by atoms with Crippen LogP contribution in [0.3, 0.4) is 0 Å². The summed E-state index contributed by atoms with van der Waals surface area (Å²) >= 11 is 0. The maximum Gasteiger partial charge on any atom is 0.305 e. The standard InChI is InChI=1S/C14H28N2O2/c1-4-9-15-10-7-14(8-11-15,12-13(17)18)16(5-2)6-3/h4-12H2,1-3H3,(H,17,18). The Morgan fingerprint density at radius 1 is 1.22 bits per heavy atom. The number of carboxylic acids is 1. The molecule has 0 aliphatic carbocycles. The van der Waals surface area contributed by atoms with E-state index in [1.165, 1.54) is 6.42 Å². The summed E-state index contributed by atoms with van der Waals surface area (Å²) in [5.74, 6) is -0.661. The Balaban J connectivity index is 2.72. The van der Waals surface area contributed by atoms with Gasteiger partial charge in [0.05, 0.1) is 6.42 Å². The molecule has 0 aromatic rings. The topological polar surface area (TPSA) is 43.8 Å². The van der Waals surface area contributed by atoms with Gasteiger partial charge in [-0.1, -0.05) is 20.8 Å². The summed E-state index contributed by atoms with van der Waals surface area (Å²) in [6.45, 7) is 11.6. The zero-order chi connectivity index (χ0) is 13.6. The molecule has 0 spiro atoms. The van der Waals surface area contributed by atoms with Crippen LogP contribution in [0.15, 0.2) is 0 Å². The highest BCUT2D eigenvalue weighted by atomic mass is 16.4. The highest BCUT2D eigenvalue weighted by Crippen LogP contribution is 2.32. The van der Waals surface area contributed by atoms with Crippen molar-refractivity contribution in [3.05, 3.63) is 0 Å².